The number of aromatic nitrogens is 2. The summed E-state index contributed by atoms with van der Waals surface area (Å²) in [5.74, 6) is 0. The van der Waals surface area contributed by atoms with Crippen LogP contribution in [0.5, 0.6) is 0 Å². The Morgan fingerprint density at radius 1 is 1.47 bits per heavy atom. The third kappa shape index (κ3) is 3.66. The Hall–Kier alpha value is -1.65. The normalized spacial score (nSPS) is 21.8. The van der Waals surface area contributed by atoms with Crippen LogP contribution in [0.15, 0.2) is 42.5 Å². The van der Waals surface area contributed by atoms with Gasteiger partial charge >= 0.3 is 0 Å². The zero-order valence-corrected chi connectivity index (χ0v) is 10.7. The van der Waals surface area contributed by atoms with Crippen LogP contribution in [-0.2, 0) is 11.7 Å². The maximum atomic E-state index is 8.19. The van der Waals surface area contributed by atoms with Gasteiger partial charge in [0.2, 0.25) is 0 Å². The second kappa shape index (κ2) is 6.50. The number of rotatable bonds is 6. The van der Waals surface area contributed by atoms with Crippen molar-refractivity contribution in [2.45, 2.75) is 6.10 Å². The van der Waals surface area contributed by atoms with E-state index in [4.69, 9.17) is 18.4 Å². The first-order chi connectivity index (χ1) is 13.2. The number of hydrogen-bond donors (Lipinski definition) is 0. The van der Waals surface area contributed by atoms with E-state index in [0.717, 1.165) is 6.20 Å². The molecule has 0 radical (unpaired) electrons. The summed E-state index contributed by atoms with van der Waals surface area (Å²) in [5, 5.41) is 3.73. The molecule has 1 atom stereocenters. The molecular weight excluding hydrogens is 238 g/mol. The van der Waals surface area contributed by atoms with E-state index >= 15 is 0 Å². The Balaban J connectivity index is 2.76. The first-order valence-corrected chi connectivity index (χ1v) is 5.61. The van der Waals surface area contributed by atoms with Crippen LogP contribution in [0.4, 0.5) is 0 Å². The zero-order chi connectivity index (χ0) is 22.3. The van der Waals surface area contributed by atoms with Crippen LogP contribution in [0.2, 0.25) is 0 Å². The van der Waals surface area contributed by atoms with Gasteiger partial charge in [-0.15, -0.1) is 0 Å². The topological polar surface area (TPSA) is 30.3 Å². The third-order valence-corrected chi connectivity index (χ3v) is 2.30. The number of ether oxygens (including phenoxy) is 1. The van der Waals surface area contributed by atoms with E-state index < -0.39 is 49.9 Å². The zero-order valence-electron chi connectivity index (χ0n) is 20.7. The Labute approximate surface area is 128 Å². The average Bonchev–Trinajstić information content (AvgIpc) is 3.06. The van der Waals surface area contributed by atoms with Crippen molar-refractivity contribution in [3.63, 3.8) is 0 Å². The maximum Gasteiger partial charge on any atom is 0.124 e. The lowest BCUT2D eigenvalue weighted by atomic mass is 10.1. The van der Waals surface area contributed by atoms with Crippen molar-refractivity contribution in [1.82, 2.24) is 14.7 Å². The molecule has 0 saturated heterocycles. The highest BCUT2D eigenvalue weighted by atomic mass is 16.5. The molecule has 0 saturated carbocycles. The van der Waals surface area contributed by atoms with Gasteiger partial charge in [-0.2, -0.15) is 5.10 Å². The van der Waals surface area contributed by atoms with Gasteiger partial charge in [0.1, 0.15) is 6.10 Å². The second-order valence-corrected chi connectivity index (χ2v) is 4.09. The van der Waals surface area contributed by atoms with Crippen molar-refractivity contribution >= 4 is 0 Å². The molecule has 4 heteroatoms. The molecule has 0 aliphatic heterocycles. The number of nitrogens with zero attached hydrogens (tertiary/aromatic N) is 3. The van der Waals surface area contributed by atoms with E-state index in [-0.39, 0.29) is 17.8 Å². The molecule has 0 aliphatic rings. The van der Waals surface area contributed by atoms with E-state index in [1.165, 1.54) is 11.0 Å². The number of likely N-dealkylation sites (N-methyl/N-ethyl adjacent to an activating group) is 1. The Morgan fingerprint density at radius 3 is 2.95 bits per heavy atom. The van der Waals surface area contributed by atoms with Gasteiger partial charge in [0.15, 0.2) is 0 Å². The van der Waals surface area contributed by atoms with Crippen LogP contribution >= 0.6 is 0 Å². The molecule has 2 aromatic rings. The maximum absolute atomic E-state index is 8.19. The van der Waals surface area contributed by atoms with Crippen molar-refractivity contribution in [3.05, 3.63) is 53.7 Å². The molecule has 2 rings (SSSR count). The molecule has 102 valence electrons. The SMILES string of the molecule is [2H]c1c([2H])c([2H])c(C(OC([2H])([2H])CN(C)C)c2ccnn2C([2H])([2H])[2H])c([2H])c1[2H]. The predicted octanol–water partition coefficient (Wildman–Crippen LogP) is 2.09. The summed E-state index contributed by atoms with van der Waals surface area (Å²) >= 11 is 0. The summed E-state index contributed by atoms with van der Waals surface area (Å²) in [6, 6.07) is -1.86. The van der Waals surface area contributed by atoms with E-state index in [1.54, 1.807) is 14.1 Å². The van der Waals surface area contributed by atoms with Gasteiger partial charge in [0.05, 0.1) is 21.8 Å². The molecule has 1 heterocycles. The Bertz CT molecular complexity index is 864. The molecule has 1 unspecified atom stereocenters. The summed E-state index contributed by atoms with van der Waals surface area (Å²) in [6.07, 6.45) is -0.448. The van der Waals surface area contributed by atoms with Crippen molar-refractivity contribution in [2.75, 3.05) is 27.2 Å². The van der Waals surface area contributed by atoms with E-state index in [1.807, 2.05) is 0 Å². The van der Waals surface area contributed by atoms with Gasteiger partial charge in [0, 0.05) is 23.8 Å². The van der Waals surface area contributed by atoms with Crippen LogP contribution in [-0.4, -0.2) is 41.9 Å². The van der Waals surface area contributed by atoms with Crippen LogP contribution in [0.3, 0.4) is 0 Å². The highest BCUT2D eigenvalue weighted by molar-refractivity contribution is 5.25. The molecular formula is C15H21N3O. The van der Waals surface area contributed by atoms with Crippen molar-refractivity contribution in [1.29, 1.82) is 0 Å². The van der Waals surface area contributed by atoms with Gasteiger partial charge < -0.3 is 9.64 Å². The minimum absolute atomic E-state index is 0.161. The van der Waals surface area contributed by atoms with E-state index in [9.17, 15) is 0 Å². The molecule has 0 aliphatic carbocycles. The van der Waals surface area contributed by atoms with Gasteiger partial charge in [-0.3, -0.25) is 4.68 Å². The van der Waals surface area contributed by atoms with Crippen molar-refractivity contribution < 1.29 is 18.4 Å². The number of benzene rings is 1. The lowest BCUT2D eigenvalue weighted by Gasteiger charge is -2.20. The smallest absolute Gasteiger partial charge is 0.124 e. The lowest BCUT2D eigenvalue weighted by molar-refractivity contribution is 0.0638. The van der Waals surface area contributed by atoms with E-state index in [2.05, 4.69) is 5.10 Å². The van der Waals surface area contributed by atoms with Crippen molar-refractivity contribution in [2.24, 2.45) is 6.98 Å². The summed E-state index contributed by atoms with van der Waals surface area (Å²) in [7, 11) is 3.21. The highest BCUT2D eigenvalue weighted by Gasteiger charge is 2.17. The molecule has 0 spiro atoms. The summed E-state index contributed by atoms with van der Waals surface area (Å²) in [6.45, 7) is -5.30. The molecule has 0 bridgehead atoms. The molecule has 1 aromatic heterocycles. The molecule has 0 amide bonds. The predicted molar refractivity (Wildman–Crippen MR) is 76.0 cm³/mol. The van der Waals surface area contributed by atoms with Gasteiger partial charge in [-0.25, -0.2) is 0 Å². The molecule has 4 nitrogen and oxygen atoms in total. The summed E-state index contributed by atoms with van der Waals surface area (Å²) in [4.78, 5) is 1.50. The number of hydrogen-bond acceptors (Lipinski definition) is 3. The van der Waals surface area contributed by atoms with Crippen LogP contribution in [0.1, 0.15) is 31.1 Å². The molecule has 1 aromatic carbocycles. The fraction of sp³-hybridized carbons (Fsp3) is 0.400. The van der Waals surface area contributed by atoms with Crippen molar-refractivity contribution in [3.8, 4) is 0 Å². The molecule has 0 fully saturated rings. The second-order valence-electron chi connectivity index (χ2n) is 4.09. The Morgan fingerprint density at radius 2 is 2.26 bits per heavy atom. The van der Waals surface area contributed by atoms with Crippen LogP contribution < -0.4 is 0 Å². The Kier molecular flexibility index (Phi) is 1.97. The summed E-state index contributed by atoms with van der Waals surface area (Å²) < 4.78 is 85.2. The molecule has 19 heavy (non-hydrogen) atoms. The first-order valence-electron chi connectivity index (χ1n) is 10.6. The third-order valence-electron chi connectivity index (χ3n) is 2.30. The fourth-order valence-electron chi connectivity index (χ4n) is 1.42. The number of aryl methyl sites for hydroxylation is 1. The van der Waals surface area contributed by atoms with Gasteiger partial charge in [-0.05, 0) is 25.7 Å². The monoisotopic (exact) mass is 269 g/mol. The van der Waals surface area contributed by atoms with Crippen LogP contribution in [0, 0.1) is 0 Å². The summed E-state index contributed by atoms with van der Waals surface area (Å²) in [5.41, 5.74) is -0.532. The van der Waals surface area contributed by atoms with Gasteiger partial charge in [-0.1, -0.05) is 30.2 Å². The quantitative estimate of drug-likeness (QED) is 0.804. The molecule has 0 N–H and O–H groups in total. The fourth-order valence-corrected chi connectivity index (χ4v) is 1.42. The van der Waals surface area contributed by atoms with Gasteiger partial charge in [0.25, 0.3) is 0 Å². The standard InChI is InChI=1S/C15H21N3O/c1-17(2)11-12-19-15(13-7-5-4-6-8-13)14-9-10-16-18(14)3/h4-10,15H,11-12H2,1-3H3/i3D3,4D,5D,6D,7D,8D,12D2. The van der Waals surface area contributed by atoms with E-state index in [0.29, 0.717) is 4.68 Å². The minimum Gasteiger partial charge on any atom is -0.366 e. The first kappa shape index (κ1) is 5.77. The largest absolute Gasteiger partial charge is 0.366 e. The van der Waals surface area contributed by atoms with Crippen LogP contribution in [0.25, 0.3) is 0 Å². The average molecular weight is 269 g/mol. The highest BCUT2D eigenvalue weighted by Crippen LogP contribution is 2.25. The minimum atomic E-state index is -2.75. The lowest BCUT2D eigenvalue weighted by Crippen LogP contribution is -2.20.